The van der Waals surface area contributed by atoms with Crippen LogP contribution in [0, 0.1) is 24.4 Å². The van der Waals surface area contributed by atoms with Gasteiger partial charge in [0, 0.05) is 54.0 Å². The molecule has 1 fully saturated rings. The molecule has 192 valence electrons. The number of piperidine rings is 1. The van der Waals surface area contributed by atoms with Crippen molar-refractivity contribution in [1.29, 1.82) is 0 Å². The van der Waals surface area contributed by atoms with E-state index in [-0.39, 0.29) is 23.7 Å². The summed E-state index contributed by atoms with van der Waals surface area (Å²) >= 11 is 0. The average Bonchev–Trinajstić information content (AvgIpc) is 2.88. The molecule has 5 rings (SSSR count). The van der Waals surface area contributed by atoms with E-state index in [4.69, 9.17) is 10.5 Å². The average molecular weight is 510 g/mol. The van der Waals surface area contributed by atoms with Gasteiger partial charge in [0.25, 0.3) is 0 Å². The van der Waals surface area contributed by atoms with Gasteiger partial charge in [-0.25, -0.2) is 13.2 Å². The minimum Gasteiger partial charge on any atom is -0.504 e. The molecule has 3 aromatic carbocycles. The highest BCUT2D eigenvalue weighted by atomic mass is 19.1. The van der Waals surface area contributed by atoms with Crippen molar-refractivity contribution in [3.8, 4) is 33.8 Å². The lowest BCUT2D eigenvalue weighted by molar-refractivity contribution is 0.132. The van der Waals surface area contributed by atoms with E-state index >= 15 is 0 Å². The number of phenols is 1. The molecule has 1 aromatic heterocycles. The predicted octanol–water partition coefficient (Wildman–Crippen LogP) is 4.91. The van der Waals surface area contributed by atoms with Gasteiger partial charge < -0.3 is 25.6 Å². The molecule has 2 atom stereocenters. The summed E-state index contributed by atoms with van der Waals surface area (Å²) in [6.07, 6.45) is 1.35. The van der Waals surface area contributed by atoms with Crippen LogP contribution in [-0.4, -0.2) is 47.5 Å². The van der Waals surface area contributed by atoms with Crippen molar-refractivity contribution in [2.75, 3.05) is 25.1 Å². The monoisotopic (exact) mass is 509 g/mol. The summed E-state index contributed by atoms with van der Waals surface area (Å²) in [4.78, 5) is 6.51. The van der Waals surface area contributed by atoms with E-state index in [1.165, 1.54) is 26.2 Å². The molecule has 0 radical (unpaired) electrons. The van der Waals surface area contributed by atoms with Crippen molar-refractivity contribution in [2.24, 2.45) is 5.73 Å². The van der Waals surface area contributed by atoms with E-state index in [0.29, 0.717) is 58.1 Å². The molecule has 1 aliphatic rings. The first-order chi connectivity index (χ1) is 17.7. The van der Waals surface area contributed by atoms with Crippen LogP contribution in [0.3, 0.4) is 0 Å². The predicted molar refractivity (Wildman–Crippen MR) is 136 cm³/mol. The van der Waals surface area contributed by atoms with Crippen LogP contribution in [0.1, 0.15) is 12.0 Å². The molecule has 0 saturated carbocycles. The van der Waals surface area contributed by atoms with Gasteiger partial charge in [0.2, 0.25) is 0 Å². The quantitative estimate of drug-likeness (QED) is 0.362. The third-order valence-corrected chi connectivity index (χ3v) is 6.95. The summed E-state index contributed by atoms with van der Waals surface area (Å²) in [5.74, 6) is -2.67. The molecule has 0 bridgehead atoms. The topological polar surface area (TPSA) is 91.8 Å². The number of β-amino-alcohol motifs (C(OH)–C–C–N with tert-alkyl or cyclic N) is 1. The van der Waals surface area contributed by atoms with E-state index in [1.807, 2.05) is 4.90 Å². The Bertz CT molecular complexity index is 1490. The maximum absolute atomic E-state index is 14.5. The Hall–Kier alpha value is -3.82. The molecule has 1 saturated heterocycles. The number of halogens is 3. The Morgan fingerprint density at radius 3 is 2.57 bits per heavy atom. The zero-order valence-corrected chi connectivity index (χ0v) is 20.3. The number of pyridine rings is 1. The fraction of sp³-hybridized carbons (Fsp3) is 0.250. The van der Waals surface area contributed by atoms with Crippen LogP contribution in [0.2, 0.25) is 0 Å². The number of anilines is 1. The first-order valence-electron chi connectivity index (χ1n) is 11.8. The van der Waals surface area contributed by atoms with Crippen LogP contribution in [0.15, 0.2) is 48.7 Å². The third kappa shape index (κ3) is 4.45. The number of aliphatic hydroxyl groups excluding tert-OH is 1. The molecule has 2 heterocycles. The van der Waals surface area contributed by atoms with E-state index in [0.717, 1.165) is 0 Å². The molecule has 0 spiro atoms. The number of hydrogen-bond acceptors (Lipinski definition) is 6. The summed E-state index contributed by atoms with van der Waals surface area (Å²) in [5.41, 5.74) is 8.87. The number of nitrogens with two attached hydrogens (primary N) is 1. The van der Waals surface area contributed by atoms with Crippen LogP contribution < -0.4 is 15.4 Å². The number of hydrogen-bond donors (Lipinski definition) is 3. The molecule has 0 aliphatic carbocycles. The summed E-state index contributed by atoms with van der Waals surface area (Å²) in [6, 6.07) is 9.60. The maximum Gasteiger partial charge on any atom is 0.168 e. The second-order valence-electron chi connectivity index (χ2n) is 9.29. The fourth-order valence-electron chi connectivity index (χ4n) is 4.93. The van der Waals surface area contributed by atoms with Crippen molar-refractivity contribution in [3.05, 3.63) is 71.7 Å². The molecule has 6 nitrogen and oxygen atoms in total. The van der Waals surface area contributed by atoms with Crippen LogP contribution in [0.5, 0.6) is 11.5 Å². The third-order valence-electron chi connectivity index (χ3n) is 6.95. The van der Waals surface area contributed by atoms with Gasteiger partial charge in [-0.3, -0.25) is 4.98 Å². The van der Waals surface area contributed by atoms with E-state index in [9.17, 15) is 23.4 Å². The number of aliphatic hydroxyl groups is 1. The molecule has 4 N–H and O–H groups in total. The molecule has 9 heteroatoms. The number of nitrogens with zero attached hydrogens (tertiary/aromatic N) is 2. The van der Waals surface area contributed by atoms with Crippen molar-refractivity contribution in [3.63, 3.8) is 0 Å². The summed E-state index contributed by atoms with van der Waals surface area (Å²) < 4.78 is 48.4. The molecule has 4 aromatic rings. The van der Waals surface area contributed by atoms with Crippen molar-refractivity contribution in [2.45, 2.75) is 25.5 Å². The van der Waals surface area contributed by atoms with Crippen LogP contribution in [0.4, 0.5) is 18.9 Å². The second-order valence-corrected chi connectivity index (χ2v) is 9.29. The van der Waals surface area contributed by atoms with Gasteiger partial charge in [-0.2, -0.15) is 0 Å². The lowest BCUT2D eigenvalue weighted by Crippen LogP contribution is -2.50. The Kier molecular flexibility index (Phi) is 6.43. The number of aromatic hydroxyl groups is 1. The Labute approximate surface area is 211 Å². The number of benzene rings is 3. The standard InChI is InChI=1S/C28H26F3N3O3/c1-14-21(30)11-22(31)28(36)26(14)15-3-4-24-19(9-15)27(34-6-5-23(32)25(35)13-34)20(12-33-24)16-7-17(29)10-18(8-16)37-2/h3-4,7-12,23,25,35-36H,5-6,13,32H2,1-2H3. The second kappa shape index (κ2) is 9.57. The highest BCUT2D eigenvalue weighted by Crippen LogP contribution is 2.42. The van der Waals surface area contributed by atoms with Crippen LogP contribution in [-0.2, 0) is 0 Å². The number of ether oxygens (including phenoxy) is 1. The zero-order chi connectivity index (χ0) is 26.4. The first kappa shape index (κ1) is 24.9. The van der Waals surface area contributed by atoms with Crippen LogP contribution in [0.25, 0.3) is 33.2 Å². The van der Waals surface area contributed by atoms with E-state index in [2.05, 4.69) is 4.98 Å². The van der Waals surface area contributed by atoms with Gasteiger partial charge in [-0.1, -0.05) is 6.07 Å². The zero-order valence-electron chi connectivity index (χ0n) is 20.3. The Balaban J connectivity index is 1.80. The number of methoxy groups -OCH3 is 1. The highest BCUT2D eigenvalue weighted by molar-refractivity contribution is 6.02. The van der Waals surface area contributed by atoms with E-state index in [1.54, 1.807) is 30.5 Å². The largest absolute Gasteiger partial charge is 0.504 e. The molecular formula is C28H26F3N3O3. The summed E-state index contributed by atoms with van der Waals surface area (Å²) in [5, 5.41) is 21.6. The van der Waals surface area contributed by atoms with Gasteiger partial charge in [0.1, 0.15) is 17.4 Å². The molecule has 1 aliphatic heterocycles. The minimum atomic E-state index is -1.06. The summed E-state index contributed by atoms with van der Waals surface area (Å²) in [6.45, 7) is 2.20. The van der Waals surface area contributed by atoms with Gasteiger partial charge in [-0.15, -0.1) is 0 Å². The summed E-state index contributed by atoms with van der Waals surface area (Å²) in [7, 11) is 1.44. The van der Waals surface area contributed by atoms with Crippen molar-refractivity contribution in [1.82, 2.24) is 4.98 Å². The van der Waals surface area contributed by atoms with Crippen molar-refractivity contribution >= 4 is 16.6 Å². The molecule has 0 amide bonds. The van der Waals surface area contributed by atoms with Gasteiger partial charge >= 0.3 is 0 Å². The van der Waals surface area contributed by atoms with Gasteiger partial charge in [-0.05, 0) is 54.3 Å². The van der Waals surface area contributed by atoms with Crippen molar-refractivity contribution < 1.29 is 28.1 Å². The van der Waals surface area contributed by atoms with Gasteiger partial charge in [0.05, 0.1) is 24.4 Å². The molecular weight excluding hydrogens is 483 g/mol. The molecule has 37 heavy (non-hydrogen) atoms. The Morgan fingerprint density at radius 1 is 1.05 bits per heavy atom. The first-order valence-corrected chi connectivity index (χ1v) is 11.8. The smallest absolute Gasteiger partial charge is 0.168 e. The Morgan fingerprint density at radius 2 is 1.84 bits per heavy atom. The minimum absolute atomic E-state index is 0.0314. The lowest BCUT2D eigenvalue weighted by Gasteiger charge is -2.37. The highest BCUT2D eigenvalue weighted by Gasteiger charge is 2.28. The fourth-order valence-corrected chi connectivity index (χ4v) is 4.93. The SMILES string of the molecule is COc1cc(F)cc(-c2cnc3ccc(-c4c(C)c(F)cc(F)c4O)cc3c2N2CCC(N)C(O)C2)c1. The maximum atomic E-state index is 14.5. The number of fused-ring (bicyclic) bond motifs is 1. The van der Waals surface area contributed by atoms with Crippen LogP contribution >= 0.6 is 0 Å². The normalized spacial score (nSPS) is 17.9. The van der Waals surface area contributed by atoms with E-state index < -0.39 is 29.3 Å². The lowest BCUT2D eigenvalue weighted by atomic mass is 9.93. The van der Waals surface area contributed by atoms with Gasteiger partial charge in [0.15, 0.2) is 11.6 Å². The number of aromatic nitrogens is 1. The number of phenolic OH excluding ortho intramolecular Hbond substituents is 1. The number of rotatable bonds is 4. The molecule has 2 unspecified atom stereocenters.